The van der Waals surface area contributed by atoms with Gasteiger partial charge in [0.2, 0.25) is 5.78 Å². The maximum Gasteiger partial charge on any atom is 0.206 e. The summed E-state index contributed by atoms with van der Waals surface area (Å²) in [5, 5.41) is 20.9. The molecule has 3 heteroatoms. The lowest BCUT2D eigenvalue weighted by molar-refractivity contribution is -0.127. The normalized spacial score (nSPS) is 49.6. The van der Waals surface area contributed by atoms with Gasteiger partial charge in [-0.25, -0.2) is 0 Å². The van der Waals surface area contributed by atoms with Gasteiger partial charge in [-0.1, -0.05) is 25.5 Å². The fourth-order valence-corrected chi connectivity index (χ4v) is 6.91. The maximum absolute atomic E-state index is 12.5. The van der Waals surface area contributed by atoms with E-state index in [1.54, 1.807) is 0 Å². The van der Waals surface area contributed by atoms with Gasteiger partial charge in [-0.05, 0) is 75.2 Å². The molecule has 0 aromatic heterocycles. The summed E-state index contributed by atoms with van der Waals surface area (Å²) < 4.78 is 0. The molecule has 4 aliphatic carbocycles. The highest BCUT2D eigenvalue weighted by molar-refractivity contribution is 6.01. The zero-order valence-electron chi connectivity index (χ0n) is 15.3. The van der Waals surface area contributed by atoms with Crippen LogP contribution in [0.5, 0.6) is 0 Å². The lowest BCUT2D eigenvalue weighted by atomic mass is 9.46. The predicted molar refractivity (Wildman–Crippen MR) is 93.4 cm³/mol. The molecule has 132 valence electrons. The third kappa shape index (κ3) is 1.80. The molecule has 3 nitrogen and oxygen atoms in total. The Bertz CT molecular complexity index is 658. The van der Waals surface area contributed by atoms with Crippen LogP contribution in [0.15, 0.2) is 23.5 Å². The molecular weight excluding hydrogens is 300 g/mol. The first-order chi connectivity index (χ1) is 11.1. The van der Waals surface area contributed by atoms with Gasteiger partial charge in [0.05, 0.1) is 11.5 Å². The van der Waals surface area contributed by atoms with E-state index in [0.717, 1.165) is 32.1 Å². The highest BCUT2D eigenvalue weighted by Crippen LogP contribution is 2.65. The number of carbonyl (C=O) groups excluding carboxylic acids is 1. The minimum absolute atomic E-state index is 0.0502. The van der Waals surface area contributed by atoms with E-state index in [9.17, 15) is 15.0 Å². The third-order valence-electron chi connectivity index (χ3n) is 8.24. The fraction of sp³-hybridized carbons (Fsp3) is 0.762. The van der Waals surface area contributed by atoms with Crippen molar-refractivity contribution in [2.75, 3.05) is 0 Å². The molecule has 2 fully saturated rings. The molecular formula is C21H30O3. The van der Waals surface area contributed by atoms with Crippen molar-refractivity contribution in [1.29, 1.82) is 0 Å². The summed E-state index contributed by atoms with van der Waals surface area (Å²) in [5.74, 6) is 1.34. The standard InChI is InChI=1S/C21H30O3/c1-19(2)16-7-5-12-13-6-8-17(23)20(13,3)10-9-14(12)21(16,4)11-15(22)18(19)24/h7,11-14,17,22-23H,5-6,8-10H2,1-4H3/t12-,13-,14-,17-,20-,21+/m0/s1. The van der Waals surface area contributed by atoms with Crippen LogP contribution in [0.3, 0.4) is 0 Å². The number of fused-ring (bicyclic) bond motifs is 5. The Labute approximate surface area is 144 Å². The van der Waals surface area contributed by atoms with Crippen molar-refractivity contribution < 1.29 is 15.0 Å². The largest absolute Gasteiger partial charge is 0.505 e. The molecule has 2 saturated carbocycles. The Morgan fingerprint density at radius 2 is 1.79 bits per heavy atom. The molecule has 0 unspecified atom stereocenters. The van der Waals surface area contributed by atoms with Crippen LogP contribution in [0.2, 0.25) is 0 Å². The zero-order chi connectivity index (χ0) is 17.5. The van der Waals surface area contributed by atoms with Gasteiger partial charge in [-0.15, -0.1) is 0 Å². The van der Waals surface area contributed by atoms with Gasteiger partial charge in [-0.2, -0.15) is 0 Å². The minimum Gasteiger partial charge on any atom is -0.505 e. The van der Waals surface area contributed by atoms with Gasteiger partial charge in [-0.3, -0.25) is 4.79 Å². The Morgan fingerprint density at radius 1 is 1.08 bits per heavy atom. The predicted octanol–water partition coefficient (Wildman–Crippen LogP) is 4.18. The number of hydrogen-bond donors (Lipinski definition) is 2. The van der Waals surface area contributed by atoms with Gasteiger partial charge >= 0.3 is 0 Å². The quantitative estimate of drug-likeness (QED) is 0.655. The van der Waals surface area contributed by atoms with Gasteiger partial charge in [0.1, 0.15) is 0 Å². The molecule has 0 bridgehead atoms. The number of carbonyl (C=O) groups is 1. The first-order valence-electron chi connectivity index (χ1n) is 9.48. The summed E-state index contributed by atoms with van der Waals surface area (Å²) in [6.45, 7) is 8.40. The van der Waals surface area contributed by atoms with Crippen molar-refractivity contribution in [2.45, 2.75) is 65.9 Å². The number of Topliss-reactive ketones (excluding diaryl/α,β-unsaturated/α-hetero) is 1. The van der Waals surface area contributed by atoms with Crippen LogP contribution in [0.1, 0.15) is 59.8 Å². The fourth-order valence-electron chi connectivity index (χ4n) is 6.91. The summed E-state index contributed by atoms with van der Waals surface area (Å²) in [4.78, 5) is 12.5. The van der Waals surface area contributed by atoms with Gasteiger partial charge in [0, 0.05) is 5.41 Å². The molecule has 0 aliphatic heterocycles. The van der Waals surface area contributed by atoms with Crippen molar-refractivity contribution >= 4 is 5.78 Å². The van der Waals surface area contributed by atoms with Crippen LogP contribution in [0.4, 0.5) is 0 Å². The van der Waals surface area contributed by atoms with E-state index in [1.165, 1.54) is 5.57 Å². The summed E-state index contributed by atoms with van der Waals surface area (Å²) in [5.41, 5.74) is 0.392. The van der Waals surface area contributed by atoms with E-state index in [-0.39, 0.29) is 28.5 Å². The van der Waals surface area contributed by atoms with Crippen molar-refractivity contribution in [3.63, 3.8) is 0 Å². The van der Waals surface area contributed by atoms with Gasteiger partial charge in [0.25, 0.3) is 0 Å². The van der Waals surface area contributed by atoms with Crippen LogP contribution in [0.25, 0.3) is 0 Å². The average molecular weight is 330 g/mol. The first kappa shape index (κ1) is 16.4. The second-order valence-electron chi connectivity index (χ2n) is 9.63. The first-order valence-corrected chi connectivity index (χ1v) is 9.48. The highest BCUT2D eigenvalue weighted by atomic mass is 16.3. The average Bonchev–Trinajstić information content (AvgIpc) is 2.81. The number of rotatable bonds is 0. The van der Waals surface area contributed by atoms with Crippen LogP contribution >= 0.6 is 0 Å². The molecule has 0 spiro atoms. The lowest BCUT2D eigenvalue weighted by Crippen LogP contribution is -2.53. The van der Waals surface area contributed by atoms with Crippen LogP contribution in [-0.2, 0) is 4.79 Å². The lowest BCUT2D eigenvalue weighted by Gasteiger charge is -2.58. The second kappa shape index (κ2) is 4.75. The Hall–Kier alpha value is -1.09. The Balaban J connectivity index is 1.80. The highest BCUT2D eigenvalue weighted by Gasteiger charge is 2.60. The third-order valence-corrected chi connectivity index (χ3v) is 8.24. The van der Waals surface area contributed by atoms with Crippen LogP contribution in [0, 0.1) is 34.0 Å². The van der Waals surface area contributed by atoms with Crippen molar-refractivity contribution in [3.8, 4) is 0 Å². The molecule has 0 heterocycles. The van der Waals surface area contributed by atoms with Crippen molar-refractivity contribution in [2.24, 2.45) is 34.0 Å². The van der Waals surface area contributed by atoms with Gasteiger partial charge < -0.3 is 10.2 Å². The zero-order valence-corrected chi connectivity index (χ0v) is 15.3. The summed E-state index contributed by atoms with van der Waals surface area (Å²) in [6, 6.07) is 0. The number of ketones is 1. The van der Waals surface area contributed by atoms with E-state index in [4.69, 9.17) is 0 Å². The van der Waals surface area contributed by atoms with E-state index in [0.29, 0.717) is 17.8 Å². The number of hydrogen-bond acceptors (Lipinski definition) is 3. The van der Waals surface area contributed by atoms with Crippen molar-refractivity contribution in [3.05, 3.63) is 23.5 Å². The molecule has 0 radical (unpaired) electrons. The summed E-state index contributed by atoms with van der Waals surface area (Å²) in [6.07, 6.45) is 9.11. The molecule has 0 saturated heterocycles. The van der Waals surface area contributed by atoms with E-state index in [2.05, 4.69) is 19.9 Å². The maximum atomic E-state index is 12.5. The molecule has 4 aliphatic rings. The molecule has 0 aromatic carbocycles. The summed E-state index contributed by atoms with van der Waals surface area (Å²) >= 11 is 0. The molecule has 2 N–H and O–H groups in total. The van der Waals surface area contributed by atoms with Crippen molar-refractivity contribution in [1.82, 2.24) is 0 Å². The molecule has 0 aromatic rings. The number of aliphatic hydroxyl groups is 2. The summed E-state index contributed by atoms with van der Waals surface area (Å²) in [7, 11) is 0. The Kier molecular flexibility index (Phi) is 3.24. The van der Waals surface area contributed by atoms with E-state index in [1.807, 2.05) is 19.9 Å². The number of aliphatic hydroxyl groups excluding tert-OH is 2. The molecule has 6 atom stereocenters. The Morgan fingerprint density at radius 3 is 2.50 bits per heavy atom. The van der Waals surface area contributed by atoms with Crippen LogP contribution in [-0.4, -0.2) is 22.1 Å². The SMILES string of the molecule is CC1(C)C(=O)C(O)=C[C@@]2(C)C1=CC[C@H]1[C@@H]3CC[C@H](O)[C@@]3(C)CC[C@@H]12. The smallest absolute Gasteiger partial charge is 0.206 e. The van der Waals surface area contributed by atoms with E-state index >= 15 is 0 Å². The van der Waals surface area contributed by atoms with Crippen LogP contribution < -0.4 is 0 Å². The monoisotopic (exact) mass is 330 g/mol. The molecule has 24 heavy (non-hydrogen) atoms. The number of allylic oxidation sites excluding steroid dienone is 4. The van der Waals surface area contributed by atoms with E-state index < -0.39 is 5.41 Å². The minimum atomic E-state index is -0.617. The second-order valence-corrected chi connectivity index (χ2v) is 9.63. The topological polar surface area (TPSA) is 57.5 Å². The molecule has 4 rings (SSSR count). The van der Waals surface area contributed by atoms with Gasteiger partial charge in [0.15, 0.2) is 5.76 Å². The molecule has 0 amide bonds.